The van der Waals surface area contributed by atoms with Crippen molar-refractivity contribution in [2.45, 2.75) is 51.6 Å². The van der Waals surface area contributed by atoms with Crippen LogP contribution in [0.3, 0.4) is 0 Å². The minimum absolute atomic E-state index is 0.118. The number of anilines is 3. The van der Waals surface area contributed by atoms with Crippen LogP contribution < -0.4 is 16.4 Å². The quantitative estimate of drug-likeness (QED) is 0.326. The number of hydrogen-bond donors (Lipinski definition) is 4. The molecule has 3 aromatic rings. The molecule has 2 aromatic heterocycles. The molecule has 2 atom stereocenters. The molecule has 2 heterocycles. The number of aromatic nitrogens is 4. The number of imidazole rings is 1. The monoisotopic (exact) mass is 481 g/mol. The Morgan fingerprint density at radius 1 is 1.30 bits per heavy atom. The molecule has 3 rings (SSSR count). The van der Waals surface area contributed by atoms with Crippen LogP contribution in [0.4, 0.5) is 26.4 Å². The first kappa shape index (κ1) is 24.6. The second kappa shape index (κ2) is 10.7. The first-order chi connectivity index (χ1) is 15.7. The summed E-state index contributed by atoms with van der Waals surface area (Å²) >= 11 is 6.08. The van der Waals surface area contributed by atoms with Crippen molar-refractivity contribution in [2.24, 2.45) is 5.73 Å². The summed E-state index contributed by atoms with van der Waals surface area (Å²) in [6.45, 7) is 3.64. The zero-order valence-corrected chi connectivity index (χ0v) is 19.0. The van der Waals surface area contributed by atoms with E-state index in [4.69, 9.17) is 17.3 Å². The van der Waals surface area contributed by atoms with E-state index >= 15 is 0 Å². The van der Waals surface area contributed by atoms with E-state index in [9.17, 15) is 18.7 Å². The van der Waals surface area contributed by atoms with E-state index in [1.165, 1.54) is 6.20 Å². The molecule has 0 aliphatic carbocycles. The van der Waals surface area contributed by atoms with Crippen LogP contribution in [0.1, 0.15) is 45.6 Å². The Labute approximate surface area is 194 Å². The van der Waals surface area contributed by atoms with Gasteiger partial charge in [-0.25, -0.2) is 18.7 Å². The summed E-state index contributed by atoms with van der Waals surface area (Å²) in [5.74, 6) is -1.65. The minimum Gasteiger partial charge on any atom is -0.394 e. The van der Waals surface area contributed by atoms with Crippen LogP contribution in [0.5, 0.6) is 0 Å². The molecule has 0 radical (unpaired) electrons. The lowest BCUT2D eigenvalue weighted by Gasteiger charge is -2.21. The topological polar surface area (TPSA) is 131 Å². The molecule has 9 nitrogen and oxygen atoms in total. The van der Waals surface area contributed by atoms with Crippen molar-refractivity contribution in [1.82, 2.24) is 19.5 Å². The third kappa shape index (κ3) is 5.85. The van der Waals surface area contributed by atoms with Crippen LogP contribution in [0.2, 0.25) is 5.02 Å². The number of aliphatic hydroxyl groups excluding tert-OH is 1. The second-order valence-corrected chi connectivity index (χ2v) is 8.16. The molecule has 0 spiro atoms. The van der Waals surface area contributed by atoms with E-state index in [0.29, 0.717) is 24.0 Å². The summed E-state index contributed by atoms with van der Waals surface area (Å²) in [5, 5.41) is 15.0. The van der Waals surface area contributed by atoms with Crippen molar-refractivity contribution >= 4 is 46.3 Å². The Morgan fingerprint density at radius 3 is 2.70 bits per heavy atom. The average molecular weight is 482 g/mol. The van der Waals surface area contributed by atoms with Crippen molar-refractivity contribution < 1.29 is 18.7 Å². The SMILES string of the molecule is CCC[C@@H](CCC(N)=O)n1c(Nc2c(F)cc(F)cc2Cl)nc2cnc(N[C@@H](C)CO)nc21. The molecular formula is C21H26ClF2N7O2. The van der Waals surface area contributed by atoms with E-state index in [-0.39, 0.29) is 47.7 Å². The zero-order valence-electron chi connectivity index (χ0n) is 18.3. The zero-order chi connectivity index (χ0) is 24.1. The predicted molar refractivity (Wildman–Crippen MR) is 123 cm³/mol. The van der Waals surface area contributed by atoms with Gasteiger partial charge in [-0.2, -0.15) is 4.98 Å². The number of fused-ring (bicyclic) bond motifs is 1. The summed E-state index contributed by atoms with van der Waals surface area (Å²) in [6.07, 6.45) is 3.48. The molecular weight excluding hydrogens is 456 g/mol. The Kier molecular flexibility index (Phi) is 7.98. The third-order valence-electron chi connectivity index (χ3n) is 5.04. The van der Waals surface area contributed by atoms with Crippen LogP contribution in [-0.4, -0.2) is 43.2 Å². The molecule has 1 amide bonds. The van der Waals surface area contributed by atoms with Crippen molar-refractivity contribution in [3.05, 3.63) is 35.0 Å². The number of rotatable bonds is 11. The van der Waals surface area contributed by atoms with E-state index < -0.39 is 17.5 Å². The number of amides is 1. The van der Waals surface area contributed by atoms with Crippen LogP contribution in [0, 0.1) is 11.6 Å². The van der Waals surface area contributed by atoms with Crippen molar-refractivity contribution in [1.29, 1.82) is 0 Å². The molecule has 5 N–H and O–H groups in total. The lowest BCUT2D eigenvalue weighted by Crippen LogP contribution is -2.21. The lowest BCUT2D eigenvalue weighted by molar-refractivity contribution is -0.118. The smallest absolute Gasteiger partial charge is 0.225 e. The normalized spacial score (nSPS) is 13.2. The Bertz CT molecular complexity index is 1120. The maximum Gasteiger partial charge on any atom is 0.225 e. The lowest BCUT2D eigenvalue weighted by atomic mass is 10.1. The highest BCUT2D eigenvalue weighted by Crippen LogP contribution is 2.34. The van der Waals surface area contributed by atoms with Gasteiger partial charge in [0.15, 0.2) is 11.5 Å². The van der Waals surface area contributed by atoms with Gasteiger partial charge >= 0.3 is 0 Å². The van der Waals surface area contributed by atoms with Crippen LogP contribution in [0.25, 0.3) is 11.2 Å². The molecule has 0 aliphatic heterocycles. The van der Waals surface area contributed by atoms with Gasteiger partial charge in [0.05, 0.1) is 23.5 Å². The van der Waals surface area contributed by atoms with Crippen molar-refractivity contribution in [2.75, 3.05) is 17.2 Å². The number of nitrogens with zero attached hydrogens (tertiary/aromatic N) is 4. The maximum atomic E-state index is 14.5. The van der Waals surface area contributed by atoms with Gasteiger partial charge in [-0.15, -0.1) is 0 Å². The molecule has 0 fully saturated rings. The first-order valence-corrected chi connectivity index (χ1v) is 10.9. The number of nitrogens with two attached hydrogens (primary N) is 1. The minimum atomic E-state index is -0.881. The summed E-state index contributed by atoms with van der Waals surface area (Å²) < 4.78 is 29.8. The molecule has 0 saturated heterocycles. The average Bonchev–Trinajstić information content (AvgIpc) is 3.10. The number of primary amides is 1. The van der Waals surface area contributed by atoms with Gasteiger partial charge in [0, 0.05) is 24.6 Å². The van der Waals surface area contributed by atoms with E-state index in [1.807, 2.05) is 6.92 Å². The Morgan fingerprint density at radius 2 is 2.06 bits per heavy atom. The molecule has 12 heteroatoms. The summed E-state index contributed by atoms with van der Waals surface area (Å²) in [6, 6.07) is 1.17. The van der Waals surface area contributed by atoms with E-state index in [0.717, 1.165) is 18.6 Å². The standard InChI is InChI=1S/C21H26ClF2N7O2/c1-3-4-13(5-6-17(25)33)31-19-16(9-26-20(30-19)27-11(2)10-32)28-21(31)29-18-14(22)7-12(23)8-15(18)24/h7-9,11,13,32H,3-6,10H2,1-2H3,(H2,25,33)(H,28,29)(H,26,27,30)/t11-,13-/m0/s1. The van der Waals surface area contributed by atoms with Gasteiger partial charge in [0.2, 0.25) is 17.8 Å². The number of aliphatic hydroxyl groups is 1. The van der Waals surface area contributed by atoms with E-state index in [1.54, 1.807) is 11.5 Å². The van der Waals surface area contributed by atoms with Gasteiger partial charge in [-0.3, -0.25) is 9.36 Å². The number of carbonyl (C=O) groups excluding carboxylic acids is 1. The number of benzene rings is 1. The first-order valence-electron chi connectivity index (χ1n) is 10.6. The highest BCUT2D eigenvalue weighted by atomic mass is 35.5. The molecule has 178 valence electrons. The number of halogens is 3. The van der Waals surface area contributed by atoms with Crippen molar-refractivity contribution in [3.63, 3.8) is 0 Å². The van der Waals surface area contributed by atoms with Crippen LogP contribution >= 0.6 is 11.6 Å². The molecule has 0 bridgehead atoms. The van der Waals surface area contributed by atoms with Crippen LogP contribution in [-0.2, 0) is 4.79 Å². The summed E-state index contributed by atoms with van der Waals surface area (Å²) in [7, 11) is 0. The largest absolute Gasteiger partial charge is 0.394 e. The Hall–Kier alpha value is -3.05. The van der Waals surface area contributed by atoms with E-state index in [2.05, 4.69) is 25.6 Å². The fourth-order valence-electron chi connectivity index (χ4n) is 3.48. The molecule has 0 aliphatic rings. The molecule has 0 saturated carbocycles. The van der Waals surface area contributed by atoms with Crippen molar-refractivity contribution in [3.8, 4) is 0 Å². The Balaban J connectivity index is 2.14. The van der Waals surface area contributed by atoms with Gasteiger partial charge < -0.3 is 21.5 Å². The predicted octanol–water partition coefficient (Wildman–Crippen LogP) is 3.90. The number of hydrogen-bond acceptors (Lipinski definition) is 7. The summed E-state index contributed by atoms with van der Waals surface area (Å²) in [5.41, 5.74) is 6.08. The summed E-state index contributed by atoms with van der Waals surface area (Å²) in [4.78, 5) is 24.7. The fraction of sp³-hybridized carbons (Fsp3) is 0.429. The molecule has 0 unspecified atom stereocenters. The molecule has 1 aromatic carbocycles. The molecule has 33 heavy (non-hydrogen) atoms. The number of carbonyl (C=O) groups is 1. The van der Waals surface area contributed by atoms with Gasteiger partial charge in [-0.05, 0) is 25.8 Å². The fourth-order valence-corrected chi connectivity index (χ4v) is 3.72. The maximum absolute atomic E-state index is 14.5. The highest BCUT2D eigenvalue weighted by Gasteiger charge is 2.23. The number of nitrogens with one attached hydrogen (secondary N) is 2. The third-order valence-corrected chi connectivity index (χ3v) is 5.33. The van der Waals surface area contributed by atoms with Gasteiger partial charge in [0.1, 0.15) is 11.3 Å². The highest BCUT2D eigenvalue weighted by molar-refractivity contribution is 6.33. The van der Waals surface area contributed by atoms with Crippen LogP contribution in [0.15, 0.2) is 18.3 Å². The second-order valence-electron chi connectivity index (χ2n) is 7.75. The van der Waals surface area contributed by atoms with Gasteiger partial charge in [0.25, 0.3) is 0 Å². The van der Waals surface area contributed by atoms with Gasteiger partial charge in [-0.1, -0.05) is 24.9 Å².